The lowest BCUT2D eigenvalue weighted by atomic mass is 10.0. The van der Waals surface area contributed by atoms with Crippen LogP contribution >= 0.6 is 61.5 Å². The Bertz CT molecular complexity index is 560. The van der Waals surface area contributed by atoms with E-state index in [-0.39, 0.29) is 5.82 Å². The molecule has 1 aromatic heterocycles. The molecule has 1 aromatic carbocycles. The number of hydrogen-bond donors (Lipinski definition) is 1. The number of thiophene rings is 1. The summed E-state index contributed by atoms with van der Waals surface area (Å²) in [6, 6.07) is 4.37. The van der Waals surface area contributed by atoms with E-state index < -0.39 is 6.04 Å². The van der Waals surface area contributed by atoms with Crippen molar-refractivity contribution in [3.63, 3.8) is 0 Å². The second-order valence-electron chi connectivity index (χ2n) is 3.45. The average molecular weight is 447 g/mol. The summed E-state index contributed by atoms with van der Waals surface area (Å²) < 4.78 is 15.5. The van der Waals surface area contributed by atoms with Crippen LogP contribution in [0.15, 0.2) is 28.1 Å². The van der Waals surface area contributed by atoms with Crippen molar-refractivity contribution in [1.29, 1.82) is 0 Å². The minimum Gasteiger partial charge on any atom is -0.320 e. The van der Waals surface area contributed by atoms with Crippen molar-refractivity contribution >= 4 is 61.5 Å². The maximum absolute atomic E-state index is 13.8. The van der Waals surface area contributed by atoms with Crippen LogP contribution in [0, 0.1) is 8.70 Å². The molecule has 1 nitrogen and oxygen atoms in total. The first kappa shape index (κ1) is 13.7. The molecule has 0 aliphatic heterocycles. The Morgan fingerprint density at radius 1 is 1.41 bits per heavy atom. The molecule has 17 heavy (non-hydrogen) atoms. The van der Waals surface area contributed by atoms with E-state index in [0.717, 1.165) is 8.45 Å². The molecular weight excluding hydrogens is 439 g/mol. The molecule has 0 spiro atoms. The van der Waals surface area contributed by atoms with Gasteiger partial charge < -0.3 is 5.73 Å². The zero-order chi connectivity index (χ0) is 12.6. The van der Waals surface area contributed by atoms with Crippen LogP contribution in [0.1, 0.15) is 17.2 Å². The van der Waals surface area contributed by atoms with E-state index in [0.29, 0.717) is 15.1 Å². The van der Waals surface area contributed by atoms with Crippen molar-refractivity contribution < 1.29 is 4.39 Å². The van der Waals surface area contributed by atoms with Gasteiger partial charge in [0.25, 0.3) is 0 Å². The summed E-state index contributed by atoms with van der Waals surface area (Å²) in [5.41, 5.74) is 7.35. The SMILES string of the molecule is NC(c1csc(I)c1)c1cc(Cl)c(Br)cc1F. The molecule has 0 saturated heterocycles. The Kier molecular flexibility index (Phi) is 4.46. The van der Waals surface area contributed by atoms with E-state index in [2.05, 4.69) is 38.5 Å². The van der Waals surface area contributed by atoms with Gasteiger partial charge in [-0.05, 0) is 67.7 Å². The summed E-state index contributed by atoms with van der Waals surface area (Å²) in [6.45, 7) is 0. The molecule has 0 amide bonds. The van der Waals surface area contributed by atoms with E-state index >= 15 is 0 Å². The Hall–Kier alpha value is 0.310. The Balaban J connectivity index is 2.43. The van der Waals surface area contributed by atoms with Crippen molar-refractivity contribution in [2.75, 3.05) is 0 Å². The van der Waals surface area contributed by atoms with Gasteiger partial charge >= 0.3 is 0 Å². The van der Waals surface area contributed by atoms with E-state index in [1.807, 2.05) is 11.4 Å². The first-order valence-electron chi connectivity index (χ1n) is 4.63. The molecule has 2 N–H and O–H groups in total. The van der Waals surface area contributed by atoms with Gasteiger partial charge in [-0.3, -0.25) is 0 Å². The van der Waals surface area contributed by atoms with E-state index in [9.17, 15) is 4.39 Å². The quantitative estimate of drug-likeness (QED) is 0.512. The fraction of sp³-hybridized carbons (Fsp3) is 0.0909. The van der Waals surface area contributed by atoms with Gasteiger partial charge in [-0.1, -0.05) is 11.6 Å². The highest BCUT2D eigenvalue weighted by Gasteiger charge is 2.16. The Labute approximate surface area is 129 Å². The van der Waals surface area contributed by atoms with Crippen LogP contribution in [0.5, 0.6) is 0 Å². The topological polar surface area (TPSA) is 26.0 Å². The number of halogens is 4. The fourth-order valence-electron chi connectivity index (χ4n) is 1.44. The molecule has 0 bridgehead atoms. The zero-order valence-electron chi connectivity index (χ0n) is 8.38. The fourth-order valence-corrected chi connectivity index (χ4v) is 3.34. The number of hydrogen-bond acceptors (Lipinski definition) is 2. The second kappa shape index (κ2) is 5.52. The molecule has 1 heterocycles. The molecule has 0 radical (unpaired) electrons. The highest BCUT2D eigenvalue weighted by Crippen LogP contribution is 2.32. The van der Waals surface area contributed by atoms with Gasteiger partial charge in [0.1, 0.15) is 5.82 Å². The molecular formula is C11H7BrClFINS. The maximum Gasteiger partial charge on any atom is 0.129 e. The lowest BCUT2D eigenvalue weighted by Crippen LogP contribution is -2.12. The van der Waals surface area contributed by atoms with E-state index in [4.69, 9.17) is 17.3 Å². The predicted molar refractivity (Wildman–Crippen MR) is 82.2 cm³/mol. The highest BCUT2D eigenvalue weighted by molar-refractivity contribution is 14.1. The van der Waals surface area contributed by atoms with Crippen molar-refractivity contribution in [1.82, 2.24) is 0 Å². The predicted octanol–water partition coefficient (Wildman–Crippen LogP) is 4.96. The normalized spacial score (nSPS) is 12.8. The zero-order valence-corrected chi connectivity index (χ0v) is 13.7. The van der Waals surface area contributed by atoms with Crippen LogP contribution in [0.3, 0.4) is 0 Å². The van der Waals surface area contributed by atoms with Gasteiger partial charge in [-0.25, -0.2) is 4.39 Å². The summed E-state index contributed by atoms with van der Waals surface area (Å²) in [4.78, 5) is 0. The van der Waals surface area contributed by atoms with Crippen molar-refractivity contribution in [2.24, 2.45) is 5.73 Å². The smallest absolute Gasteiger partial charge is 0.129 e. The molecule has 1 atom stereocenters. The van der Waals surface area contributed by atoms with Crippen LogP contribution in [0.25, 0.3) is 0 Å². The van der Waals surface area contributed by atoms with Gasteiger partial charge in [0.05, 0.1) is 13.9 Å². The molecule has 6 heteroatoms. The first-order valence-corrected chi connectivity index (χ1v) is 7.76. The molecule has 90 valence electrons. The van der Waals surface area contributed by atoms with Gasteiger partial charge in [-0.2, -0.15) is 0 Å². The van der Waals surface area contributed by atoms with Gasteiger partial charge in [0.2, 0.25) is 0 Å². The van der Waals surface area contributed by atoms with Gasteiger partial charge in [0.15, 0.2) is 0 Å². The van der Waals surface area contributed by atoms with Crippen LogP contribution in [-0.2, 0) is 0 Å². The molecule has 0 fully saturated rings. The summed E-state index contributed by atoms with van der Waals surface area (Å²) in [7, 11) is 0. The van der Waals surface area contributed by atoms with Gasteiger partial charge in [0, 0.05) is 10.0 Å². The van der Waals surface area contributed by atoms with Crippen LogP contribution in [0.4, 0.5) is 4.39 Å². The maximum atomic E-state index is 13.8. The van der Waals surface area contributed by atoms with Crippen molar-refractivity contribution in [3.8, 4) is 0 Å². The van der Waals surface area contributed by atoms with Crippen molar-refractivity contribution in [3.05, 3.63) is 52.9 Å². The number of nitrogens with two attached hydrogens (primary N) is 1. The Morgan fingerprint density at radius 3 is 2.71 bits per heavy atom. The van der Waals surface area contributed by atoms with Crippen molar-refractivity contribution in [2.45, 2.75) is 6.04 Å². The summed E-state index contributed by atoms with van der Waals surface area (Å²) in [5, 5.41) is 2.39. The third-order valence-electron chi connectivity index (χ3n) is 2.32. The van der Waals surface area contributed by atoms with Crippen LogP contribution in [0.2, 0.25) is 5.02 Å². The summed E-state index contributed by atoms with van der Waals surface area (Å²) in [5.74, 6) is -0.352. The van der Waals surface area contributed by atoms with Crippen LogP contribution < -0.4 is 5.73 Å². The molecule has 2 rings (SSSR count). The first-order chi connectivity index (χ1) is 7.99. The monoisotopic (exact) mass is 445 g/mol. The summed E-state index contributed by atoms with van der Waals surface area (Å²) >= 11 is 12.9. The average Bonchev–Trinajstić information content (AvgIpc) is 2.69. The number of rotatable bonds is 2. The molecule has 0 aliphatic carbocycles. The standard InChI is InChI=1S/C11H7BrClFINS/c12-7-3-9(14)6(2-8(7)13)11(16)5-1-10(15)17-4-5/h1-4,11H,16H2. The van der Waals surface area contributed by atoms with E-state index in [1.165, 1.54) is 6.07 Å². The van der Waals surface area contributed by atoms with E-state index in [1.54, 1.807) is 17.4 Å². The lowest BCUT2D eigenvalue weighted by Gasteiger charge is -2.12. The molecule has 2 aromatic rings. The lowest BCUT2D eigenvalue weighted by molar-refractivity contribution is 0.599. The minimum atomic E-state index is -0.486. The largest absolute Gasteiger partial charge is 0.320 e. The highest BCUT2D eigenvalue weighted by atomic mass is 127. The number of benzene rings is 1. The molecule has 0 aliphatic rings. The second-order valence-corrected chi connectivity index (χ2v) is 7.52. The minimum absolute atomic E-state index is 0.352. The van der Waals surface area contributed by atoms with Gasteiger partial charge in [-0.15, -0.1) is 11.3 Å². The molecule has 0 saturated carbocycles. The third kappa shape index (κ3) is 3.01. The van der Waals surface area contributed by atoms with Crippen LogP contribution in [-0.4, -0.2) is 0 Å². The summed E-state index contributed by atoms with van der Waals surface area (Å²) in [6.07, 6.45) is 0. The molecule has 1 unspecified atom stereocenters. The Morgan fingerprint density at radius 2 is 2.12 bits per heavy atom. The third-order valence-corrected chi connectivity index (χ3v) is 5.33.